The number of pyridine rings is 1. The molecule has 0 fully saturated rings. The number of hydrogen-bond acceptors (Lipinski definition) is 5. The number of amides is 2. The first-order chi connectivity index (χ1) is 11.5. The van der Waals surface area contributed by atoms with E-state index in [1.165, 1.54) is 11.3 Å². The Hall–Kier alpha value is -3.06. The van der Waals surface area contributed by atoms with E-state index in [4.69, 9.17) is 5.73 Å². The molecule has 120 valence electrons. The van der Waals surface area contributed by atoms with Crippen LogP contribution in [-0.2, 0) is 0 Å². The number of carbonyl (C=O) groups excluding carboxylic acids is 2. The van der Waals surface area contributed by atoms with Gasteiger partial charge in [0.2, 0.25) is 5.91 Å². The van der Waals surface area contributed by atoms with Crippen LogP contribution in [0.3, 0.4) is 0 Å². The highest BCUT2D eigenvalue weighted by atomic mass is 32.1. The molecule has 0 radical (unpaired) electrons. The SMILES string of the molecule is Cc1nc(-c2cccnc2)sc1C(=O)Nc1ccc(C(N)=O)cc1. The van der Waals surface area contributed by atoms with Gasteiger partial charge in [0.1, 0.15) is 9.88 Å². The molecule has 7 heteroatoms. The Labute approximate surface area is 142 Å². The van der Waals surface area contributed by atoms with E-state index in [0.717, 1.165) is 10.6 Å². The van der Waals surface area contributed by atoms with Crippen LogP contribution in [-0.4, -0.2) is 21.8 Å². The largest absolute Gasteiger partial charge is 0.366 e. The molecule has 0 spiro atoms. The molecule has 3 N–H and O–H groups in total. The number of anilines is 1. The zero-order valence-electron chi connectivity index (χ0n) is 12.8. The van der Waals surface area contributed by atoms with Crippen molar-refractivity contribution in [1.29, 1.82) is 0 Å². The maximum Gasteiger partial charge on any atom is 0.267 e. The van der Waals surface area contributed by atoms with Crippen molar-refractivity contribution in [2.45, 2.75) is 6.92 Å². The average Bonchev–Trinajstić information content (AvgIpc) is 2.98. The number of carbonyl (C=O) groups is 2. The summed E-state index contributed by atoms with van der Waals surface area (Å²) in [5.74, 6) is -0.751. The quantitative estimate of drug-likeness (QED) is 0.764. The Morgan fingerprint density at radius 2 is 1.92 bits per heavy atom. The summed E-state index contributed by atoms with van der Waals surface area (Å²) in [4.78, 5) is 32.5. The highest BCUT2D eigenvalue weighted by Crippen LogP contribution is 2.27. The predicted octanol–water partition coefficient (Wildman–Crippen LogP) is 2.86. The fourth-order valence-electron chi connectivity index (χ4n) is 2.13. The second-order valence-corrected chi connectivity index (χ2v) is 6.07. The molecule has 0 aliphatic heterocycles. The lowest BCUT2D eigenvalue weighted by Gasteiger charge is -2.04. The first-order valence-corrected chi connectivity index (χ1v) is 7.95. The van der Waals surface area contributed by atoms with Crippen molar-refractivity contribution in [3.05, 3.63) is 64.9 Å². The fraction of sp³-hybridized carbons (Fsp3) is 0.0588. The molecule has 24 heavy (non-hydrogen) atoms. The molecule has 0 saturated heterocycles. The summed E-state index contributed by atoms with van der Waals surface area (Å²) in [5.41, 5.74) is 7.70. The molecule has 0 unspecified atom stereocenters. The second-order valence-electron chi connectivity index (χ2n) is 5.07. The minimum atomic E-state index is -0.507. The molecule has 0 atom stereocenters. The highest BCUT2D eigenvalue weighted by Gasteiger charge is 2.16. The Balaban J connectivity index is 1.80. The molecule has 1 aromatic carbocycles. The second kappa shape index (κ2) is 6.59. The molecule has 0 saturated carbocycles. The number of benzene rings is 1. The maximum atomic E-state index is 12.5. The van der Waals surface area contributed by atoms with E-state index in [1.54, 1.807) is 43.6 Å². The van der Waals surface area contributed by atoms with E-state index < -0.39 is 5.91 Å². The van der Waals surface area contributed by atoms with Crippen molar-refractivity contribution in [3.8, 4) is 10.6 Å². The van der Waals surface area contributed by atoms with Crippen LogP contribution in [0.2, 0.25) is 0 Å². The standard InChI is InChI=1S/C17H14N4O2S/c1-10-14(24-17(20-10)12-3-2-8-19-9-12)16(23)21-13-6-4-11(5-7-13)15(18)22/h2-9H,1H3,(H2,18,22)(H,21,23). The minimum Gasteiger partial charge on any atom is -0.366 e. The molecule has 3 rings (SSSR count). The van der Waals surface area contributed by atoms with Gasteiger partial charge >= 0.3 is 0 Å². The third-order valence-electron chi connectivity index (χ3n) is 3.34. The zero-order valence-corrected chi connectivity index (χ0v) is 13.6. The van der Waals surface area contributed by atoms with Crippen molar-refractivity contribution in [3.63, 3.8) is 0 Å². The summed E-state index contributed by atoms with van der Waals surface area (Å²) in [7, 11) is 0. The third-order valence-corrected chi connectivity index (χ3v) is 4.54. The summed E-state index contributed by atoms with van der Waals surface area (Å²) in [6.45, 7) is 1.79. The van der Waals surface area contributed by atoms with Gasteiger partial charge in [-0.2, -0.15) is 0 Å². The molecule has 6 nitrogen and oxygen atoms in total. The molecule has 2 aromatic heterocycles. The Morgan fingerprint density at radius 1 is 1.17 bits per heavy atom. The number of hydrogen-bond donors (Lipinski definition) is 2. The van der Waals surface area contributed by atoms with Gasteiger partial charge in [0, 0.05) is 29.2 Å². The fourth-order valence-corrected chi connectivity index (χ4v) is 3.08. The number of nitrogens with one attached hydrogen (secondary N) is 1. The predicted molar refractivity (Wildman–Crippen MR) is 93.0 cm³/mol. The van der Waals surface area contributed by atoms with Crippen LogP contribution < -0.4 is 11.1 Å². The zero-order chi connectivity index (χ0) is 17.1. The smallest absolute Gasteiger partial charge is 0.267 e. The number of rotatable bonds is 4. The summed E-state index contributed by atoms with van der Waals surface area (Å²) in [6, 6.07) is 10.1. The van der Waals surface area contributed by atoms with Crippen LogP contribution in [0.15, 0.2) is 48.8 Å². The van der Waals surface area contributed by atoms with Gasteiger partial charge in [-0.25, -0.2) is 4.98 Å². The van der Waals surface area contributed by atoms with Crippen LogP contribution in [0.1, 0.15) is 25.7 Å². The summed E-state index contributed by atoms with van der Waals surface area (Å²) in [6.07, 6.45) is 3.40. The van der Waals surface area contributed by atoms with E-state index in [-0.39, 0.29) is 5.91 Å². The van der Waals surface area contributed by atoms with Gasteiger partial charge in [-0.05, 0) is 43.3 Å². The van der Waals surface area contributed by atoms with Gasteiger partial charge in [-0.15, -0.1) is 11.3 Å². The van der Waals surface area contributed by atoms with Crippen molar-refractivity contribution in [1.82, 2.24) is 9.97 Å². The Kier molecular flexibility index (Phi) is 4.35. The van der Waals surface area contributed by atoms with Crippen molar-refractivity contribution < 1.29 is 9.59 Å². The van der Waals surface area contributed by atoms with E-state index >= 15 is 0 Å². The van der Waals surface area contributed by atoms with Crippen molar-refractivity contribution >= 4 is 28.8 Å². The van der Waals surface area contributed by atoms with E-state index in [1.807, 2.05) is 12.1 Å². The Bertz CT molecular complexity index is 889. The summed E-state index contributed by atoms with van der Waals surface area (Å²) < 4.78 is 0. The van der Waals surface area contributed by atoms with Gasteiger partial charge < -0.3 is 11.1 Å². The van der Waals surface area contributed by atoms with Gasteiger partial charge in [0.15, 0.2) is 0 Å². The number of aromatic nitrogens is 2. The monoisotopic (exact) mass is 338 g/mol. The van der Waals surface area contributed by atoms with Crippen molar-refractivity contribution in [2.75, 3.05) is 5.32 Å². The highest BCUT2D eigenvalue weighted by molar-refractivity contribution is 7.17. The number of aryl methyl sites for hydroxylation is 1. The molecule has 0 bridgehead atoms. The Morgan fingerprint density at radius 3 is 2.54 bits per heavy atom. The lowest BCUT2D eigenvalue weighted by molar-refractivity contribution is 0.0998. The summed E-state index contributed by atoms with van der Waals surface area (Å²) >= 11 is 1.31. The number of nitrogens with two attached hydrogens (primary N) is 1. The van der Waals surface area contributed by atoms with Crippen LogP contribution >= 0.6 is 11.3 Å². The van der Waals surface area contributed by atoms with Gasteiger partial charge in [-0.1, -0.05) is 0 Å². The minimum absolute atomic E-state index is 0.244. The average molecular weight is 338 g/mol. The summed E-state index contributed by atoms with van der Waals surface area (Å²) in [5, 5.41) is 3.54. The number of thiazole rings is 1. The van der Waals surface area contributed by atoms with Crippen LogP contribution in [0.4, 0.5) is 5.69 Å². The van der Waals surface area contributed by atoms with E-state index in [2.05, 4.69) is 15.3 Å². The van der Waals surface area contributed by atoms with Crippen LogP contribution in [0, 0.1) is 6.92 Å². The van der Waals surface area contributed by atoms with E-state index in [9.17, 15) is 9.59 Å². The van der Waals surface area contributed by atoms with Gasteiger partial charge in [-0.3, -0.25) is 14.6 Å². The molecular weight excluding hydrogens is 324 g/mol. The van der Waals surface area contributed by atoms with Crippen molar-refractivity contribution in [2.24, 2.45) is 5.73 Å². The van der Waals surface area contributed by atoms with Crippen LogP contribution in [0.25, 0.3) is 10.6 Å². The normalized spacial score (nSPS) is 10.4. The van der Waals surface area contributed by atoms with Gasteiger partial charge in [0.25, 0.3) is 5.91 Å². The molecule has 2 heterocycles. The van der Waals surface area contributed by atoms with Gasteiger partial charge in [0.05, 0.1) is 5.69 Å². The van der Waals surface area contributed by atoms with Crippen LogP contribution in [0.5, 0.6) is 0 Å². The maximum absolute atomic E-state index is 12.5. The number of primary amides is 1. The lowest BCUT2D eigenvalue weighted by Crippen LogP contribution is -2.13. The molecule has 0 aliphatic rings. The number of nitrogens with zero attached hydrogens (tertiary/aromatic N) is 2. The molecule has 2 amide bonds. The molecular formula is C17H14N4O2S. The third kappa shape index (κ3) is 3.31. The first-order valence-electron chi connectivity index (χ1n) is 7.13. The first kappa shape index (κ1) is 15.8. The molecule has 0 aliphatic carbocycles. The topological polar surface area (TPSA) is 98.0 Å². The molecule has 3 aromatic rings. The van der Waals surface area contributed by atoms with E-state index in [0.29, 0.717) is 21.8 Å². The lowest BCUT2D eigenvalue weighted by atomic mass is 10.2.